The monoisotopic (exact) mass is 552 g/mol. The summed E-state index contributed by atoms with van der Waals surface area (Å²) in [7, 11) is 0. The molecule has 202 valence electrons. The van der Waals surface area contributed by atoms with Gasteiger partial charge in [-0.25, -0.2) is 15.0 Å². The Kier molecular flexibility index (Phi) is 6.05. The SMILES string of the molecule is c1ccc(-c2ccc(-c3nc(-c4ccccc4)nc(-c4ccc5c(c4)oc4ccncc45)n3)c(-c3ccccc3)c2)cc1. The Morgan fingerprint density at radius 3 is 1.77 bits per heavy atom. The summed E-state index contributed by atoms with van der Waals surface area (Å²) >= 11 is 0. The molecule has 0 radical (unpaired) electrons. The lowest BCUT2D eigenvalue weighted by atomic mass is 9.94. The third-order valence-electron chi connectivity index (χ3n) is 7.65. The Labute approximate surface area is 248 Å². The van der Waals surface area contributed by atoms with Crippen LogP contribution in [0, 0.1) is 0 Å². The van der Waals surface area contributed by atoms with E-state index in [1.54, 1.807) is 6.20 Å². The second kappa shape index (κ2) is 10.5. The highest BCUT2D eigenvalue weighted by Crippen LogP contribution is 2.36. The van der Waals surface area contributed by atoms with Crippen molar-refractivity contribution in [3.05, 3.63) is 146 Å². The number of pyridine rings is 1. The number of benzene rings is 5. The number of furan rings is 1. The van der Waals surface area contributed by atoms with Crippen molar-refractivity contribution < 1.29 is 4.42 Å². The number of hydrogen-bond acceptors (Lipinski definition) is 5. The van der Waals surface area contributed by atoms with Crippen LogP contribution in [0.4, 0.5) is 0 Å². The average Bonchev–Trinajstić information content (AvgIpc) is 3.47. The van der Waals surface area contributed by atoms with E-state index < -0.39 is 0 Å². The summed E-state index contributed by atoms with van der Waals surface area (Å²) < 4.78 is 6.17. The Bertz CT molecular complexity index is 2230. The lowest BCUT2D eigenvalue weighted by Gasteiger charge is -2.14. The van der Waals surface area contributed by atoms with Crippen LogP contribution in [-0.2, 0) is 0 Å². The minimum Gasteiger partial charge on any atom is -0.456 e. The first-order chi connectivity index (χ1) is 21.3. The molecule has 0 aliphatic heterocycles. The fraction of sp³-hybridized carbons (Fsp3) is 0. The summed E-state index contributed by atoms with van der Waals surface area (Å²) in [6, 6.07) is 45.3. The van der Waals surface area contributed by atoms with E-state index in [9.17, 15) is 0 Å². The molecule has 0 unspecified atom stereocenters. The predicted molar refractivity (Wildman–Crippen MR) is 172 cm³/mol. The van der Waals surface area contributed by atoms with Gasteiger partial charge in [0.2, 0.25) is 0 Å². The van der Waals surface area contributed by atoms with Crippen LogP contribution in [0.1, 0.15) is 0 Å². The molecule has 5 aromatic carbocycles. The van der Waals surface area contributed by atoms with Crippen LogP contribution in [0.15, 0.2) is 150 Å². The van der Waals surface area contributed by atoms with E-state index in [4.69, 9.17) is 19.4 Å². The summed E-state index contributed by atoms with van der Waals surface area (Å²) in [5.74, 6) is 1.80. The molecule has 3 aromatic heterocycles. The van der Waals surface area contributed by atoms with Crippen LogP contribution < -0.4 is 0 Å². The van der Waals surface area contributed by atoms with Gasteiger partial charge in [-0.15, -0.1) is 0 Å². The summed E-state index contributed by atoms with van der Waals surface area (Å²) in [4.78, 5) is 19.3. The third kappa shape index (κ3) is 4.63. The van der Waals surface area contributed by atoms with Gasteiger partial charge in [0.1, 0.15) is 11.2 Å². The van der Waals surface area contributed by atoms with Gasteiger partial charge in [-0.05, 0) is 52.6 Å². The second-order valence-electron chi connectivity index (χ2n) is 10.3. The second-order valence-corrected chi connectivity index (χ2v) is 10.3. The van der Waals surface area contributed by atoms with Gasteiger partial charge in [-0.3, -0.25) is 4.98 Å². The Hall–Kier alpha value is -5.94. The molecule has 0 bridgehead atoms. The average molecular weight is 553 g/mol. The first-order valence-corrected chi connectivity index (χ1v) is 14.1. The van der Waals surface area contributed by atoms with Crippen molar-refractivity contribution in [2.24, 2.45) is 0 Å². The molecule has 5 nitrogen and oxygen atoms in total. The predicted octanol–water partition coefficient (Wildman–Crippen LogP) is 9.50. The number of fused-ring (bicyclic) bond motifs is 3. The topological polar surface area (TPSA) is 64.7 Å². The number of rotatable bonds is 5. The van der Waals surface area contributed by atoms with Gasteiger partial charge in [0.05, 0.1) is 0 Å². The van der Waals surface area contributed by atoms with Crippen LogP contribution in [0.3, 0.4) is 0 Å². The summed E-state index contributed by atoms with van der Waals surface area (Å²) in [5, 5.41) is 1.99. The maximum absolute atomic E-state index is 6.17. The molecule has 8 aromatic rings. The van der Waals surface area contributed by atoms with Gasteiger partial charge >= 0.3 is 0 Å². The zero-order chi connectivity index (χ0) is 28.6. The highest BCUT2D eigenvalue weighted by molar-refractivity contribution is 6.05. The molecule has 43 heavy (non-hydrogen) atoms. The van der Waals surface area contributed by atoms with E-state index in [-0.39, 0.29) is 0 Å². The van der Waals surface area contributed by atoms with Crippen LogP contribution in [0.5, 0.6) is 0 Å². The highest BCUT2D eigenvalue weighted by Gasteiger charge is 2.18. The molecule has 0 amide bonds. The smallest absolute Gasteiger partial charge is 0.164 e. The van der Waals surface area contributed by atoms with Crippen LogP contribution in [-0.4, -0.2) is 19.9 Å². The van der Waals surface area contributed by atoms with E-state index in [0.717, 1.165) is 60.9 Å². The van der Waals surface area contributed by atoms with E-state index >= 15 is 0 Å². The van der Waals surface area contributed by atoms with E-state index in [0.29, 0.717) is 17.5 Å². The fourth-order valence-corrected chi connectivity index (χ4v) is 5.51. The minimum atomic E-state index is 0.579. The fourth-order valence-electron chi connectivity index (χ4n) is 5.51. The molecule has 0 fully saturated rings. The van der Waals surface area contributed by atoms with Crippen molar-refractivity contribution in [1.29, 1.82) is 0 Å². The quantitative estimate of drug-likeness (QED) is 0.213. The Morgan fingerprint density at radius 1 is 0.395 bits per heavy atom. The summed E-state index contributed by atoms with van der Waals surface area (Å²) in [5.41, 5.74) is 8.70. The van der Waals surface area contributed by atoms with Crippen LogP contribution in [0.2, 0.25) is 0 Å². The molecule has 0 atom stereocenters. The molecule has 0 saturated carbocycles. The Balaban J connectivity index is 1.34. The Morgan fingerprint density at radius 2 is 1.02 bits per heavy atom. The van der Waals surface area contributed by atoms with Gasteiger partial charge in [0.25, 0.3) is 0 Å². The minimum absolute atomic E-state index is 0.579. The maximum Gasteiger partial charge on any atom is 0.164 e. The lowest BCUT2D eigenvalue weighted by Crippen LogP contribution is -2.01. The van der Waals surface area contributed by atoms with Crippen LogP contribution in [0.25, 0.3) is 78.4 Å². The van der Waals surface area contributed by atoms with Crippen molar-refractivity contribution in [1.82, 2.24) is 19.9 Å². The summed E-state index contributed by atoms with van der Waals surface area (Å²) in [6.07, 6.45) is 3.57. The molecule has 0 N–H and O–H groups in total. The van der Waals surface area contributed by atoms with Gasteiger partial charge in [0.15, 0.2) is 17.5 Å². The zero-order valence-corrected chi connectivity index (χ0v) is 23.1. The molecular formula is C38H24N4O. The molecule has 0 aliphatic rings. The highest BCUT2D eigenvalue weighted by atomic mass is 16.3. The largest absolute Gasteiger partial charge is 0.456 e. The number of nitrogens with zero attached hydrogens (tertiary/aromatic N) is 4. The third-order valence-corrected chi connectivity index (χ3v) is 7.65. The van der Waals surface area contributed by atoms with Gasteiger partial charge in [0, 0.05) is 39.9 Å². The van der Waals surface area contributed by atoms with E-state index in [1.165, 1.54) is 0 Å². The number of aromatic nitrogens is 4. The van der Waals surface area contributed by atoms with Crippen molar-refractivity contribution in [2.45, 2.75) is 0 Å². The van der Waals surface area contributed by atoms with Gasteiger partial charge in [-0.1, -0.05) is 103 Å². The molecule has 5 heteroatoms. The normalized spacial score (nSPS) is 11.3. The zero-order valence-electron chi connectivity index (χ0n) is 23.1. The first-order valence-electron chi connectivity index (χ1n) is 14.1. The van der Waals surface area contributed by atoms with Crippen molar-refractivity contribution >= 4 is 21.9 Å². The molecule has 0 saturated heterocycles. The van der Waals surface area contributed by atoms with Crippen molar-refractivity contribution in [2.75, 3.05) is 0 Å². The molecule has 8 rings (SSSR count). The van der Waals surface area contributed by atoms with E-state index in [1.807, 2.05) is 72.9 Å². The molecular weight excluding hydrogens is 528 g/mol. The molecule has 3 heterocycles. The standard InChI is InChI=1S/C38H24N4O/c1-4-10-25(11-5-1)28-16-19-31(32(22-28)26-12-6-2-7-13-26)38-41-36(27-14-8-3-9-15-27)40-37(42-38)29-17-18-30-33-24-39-21-20-34(33)43-35(30)23-29/h1-24H. The lowest BCUT2D eigenvalue weighted by molar-refractivity contribution is 0.668. The molecule has 0 aliphatic carbocycles. The first kappa shape index (κ1) is 24.8. The van der Waals surface area contributed by atoms with Gasteiger partial charge < -0.3 is 4.42 Å². The summed E-state index contributed by atoms with van der Waals surface area (Å²) in [6.45, 7) is 0. The van der Waals surface area contributed by atoms with Crippen molar-refractivity contribution in [3.63, 3.8) is 0 Å². The van der Waals surface area contributed by atoms with Crippen molar-refractivity contribution in [3.8, 4) is 56.4 Å². The van der Waals surface area contributed by atoms with Gasteiger partial charge in [-0.2, -0.15) is 0 Å². The van der Waals surface area contributed by atoms with Crippen LogP contribution >= 0.6 is 0 Å². The number of hydrogen-bond donors (Lipinski definition) is 0. The molecule has 0 spiro atoms. The maximum atomic E-state index is 6.17. The van der Waals surface area contributed by atoms with E-state index in [2.05, 4.69) is 71.7 Å².